The summed E-state index contributed by atoms with van der Waals surface area (Å²) in [6.07, 6.45) is 4.14. The van der Waals surface area contributed by atoms with E-state index in [1.807, 2.05) is 0 Å². The Morgan fingerprint density at radius 2 is 2.22 bits per heavy atom. The van der Waals surface area contributed by atoms with Gasteiger partial charge < -0.3 is 9.87 Å². The third-order valence-electron chi connectivity index (χ3n) is 2.70. The lowest BCUT2D eigenvalue weighted by Crippen LogP contribution is -2.36. The molecule has 1 aliphatic heterocycles. The van der Waals surface area contributed by atoms with E-state index in [-0.39, 0.29) is 4.91 Å². The topological polar surface area (TPSA) is 88.3 Å². The minimum Gasteiger partial charge on any atom is -0.609 e. The van der Waals surface area contributed by atoms with Gasteiger partial charge in [-0.3, -0.25) is 4.99 Å². The summed E-state index contributed by atoms with van der Waals surface area (Å²) < 4.78 is 23.2. The van der Waals surface area contributed by atoms with E-state index in [1.165, 1.54) is 6.20 Å². The molecule has 1 N–H and O–H groups in total. The minimum atomic E-state index is -3.61. The maximum atomic E-state index is 12.1. The molecule has 0 aromatic carbocycles. The van der Waals surface area contributed by atoms with Gasteiger partial charge in [-0.05, 0) is 33.6 Å². The van der Waals surface area contributed by atoms with E-state index < -0.39 is 15.0 Å². The summed E-state index contributed by atoms with van der Waals surface area (Å²) >= 11 is 0. The van der Waals surface area contributed by atoms with Crippen LogP contribution in [0.5, 0.6) is 0 Å². The number of rotatable bonds is 2. The van der Waals surface area contributed by atoms with Gasteiger partial charge in [-0.25, -0.2) is 0 Å². The zero-order valence-corrected chi connectivity index (χ0v) is 11.8. The number of sulfone groups is 1. The molecule has 0 spiro atoms. The van der Waals surface area contributed by atoms with E-state index in [0.717, 1.165) is 31.6 Å². The number of allylic oxidation sites excluding steroid dienone is 1. The predicted molar refractivity (Wildman–Crippen MR) is 71.6 cm³/mol. The van der Waals surface area contributed by atoms with Crippen molar-refractivity contribution in [3.63, 3.8) is 0 Å². The van der Waals surface area contributed by atoms with Gasteiger partial charge in [0.05, 0.1) is 16.4 Å². The molecule has 5 nitrogen and oxygen atoms in total. The molecule has 0 aromatic rings. The second-order valence-corrected chi connectivity index (χ2v) is 7.84. The Morgan fingerprint density at radius 3 is 2.67 bits per heavy atom. The van der Waals surface area contributed by atoms with Crippen LogP contribution in [-0.2, 0) is 14.4 Å². The lowest BCUT2D eigenvalue weighted by molar-refractivity contribution is 0.457. The zero-order chi connectivity index (χ0) is 13.8. The molecule has 0 saturated heterocycles. The Bertz CT molecular complexity index is 455. The smallest absolute Gasteiger partial charge is 0.248 e. The maximum absolute atomic E-state index is 12.1. The zero-order valence-electron chi connectivity index (χ0n) is 11.0. The van der Waals surface area contributed by atoms with Crippen molar-refractivity contribution in [2.75, 3.05) is 6.54 Å². The van der Waals surface area contributed by atoms with Crippen LogP contribution in [-0.4, -0.2) is 21.7 Å². The van der Waals surface area contributed by atoms with Crippen LogP contribution in [0.15, 0.2) is 16.1 Å². The van der Waals surface area contributed by atoms with E-state index in [1.54, 1.807) is 26.8 Å². The number of hydrogen-bond donors (Lipinski definition) is 1. The second-order valence-electron chi connectivity index (χ2n) is 5.17. The number of nitrogens with one attached hydrogen (secondary N) is 1. The van der Waals surface area contributed by atoms with E-state index >= 15 is 0 Å². The number of hydrogen-bond acceptors (Lipinski definition) is 5. The van der Waals surface area contributed by atoms with Gasteiger partial charge in [0, 0.05) is 13.0 Å². The lowest BCUT2D eigenvalue weighted by Gasteiger charge is -2.26. The molecule has 1 rings (SSSR count). The summed E-state index contributed by atoms with van der Waals surface area (Å²) in [5.41, 5.74) is 0. The van der Waals surface area contributed by atoms with E-state index in [0.29, 0.717) is 0 Å². The van der Waals surface area contributed by atoms with Crippen LogP contribution in [0.1, 0.15) is 40.0 Å². The lowest BCUT2D eigenvalue weighted by atomic mass is 10.2. The molecule has 100 valence electrons. The first kappa shape index (κ1) is 14.9. The monoisotopic (exact) mass is 269 g/mol. The summed E-state index contributed by atoms with van der Waals surface area (Å²) in [5.74, 6) is 0.748. The van der Waals surface area contributed by atoms with Gasteiger partial charge >= 0.3 is 0 Å². The van der Waals surface area contributed by atoms with Crippen LogP contribution in [0.4, 0.5) is 0 Å². The van der Waals surface area contributed by atoms with Crippen molar-refractivity contribution in [2.45, 2.75) is 44.8 Å². The Kier molecular flexibility index (Phi) is 4.65. The molecule has 0 bridgehead atoms. The van der Waals surface area contributed by atoms with Crippen molar-refractivity contribution in [3.8, 4) is 6.07 Å². The highest BCUT2D eigenvalue weighted by molar-refractivity contribution is 8.02. The molecule has 6 heteroatoms. The van der Waals surface area contributed by atoms with Gasteiger partial charge in [-0.2, -0.15) is 5.26 Å². The quantitative estimate of drug-likeness (QED) is 0.613. The molecule has 0 fully saturated rings. The molecule has 0 aromatic heterocycles. The van der Waals surface area contributed by atoms with E-state index in [2.05, 4.69) is 10.3 Å². The van der Waals surface area contributed by atoms with Crippen molar-refractivity contribution >= 4 is 16.0 Å². The summed E-state index contributed by atoms with van der Waals surface area (Å²) in [6, 6.07) is 1.74. The fourth-order valence-corrected chi connectivity index (χ4v) is 2.46. The SMILES string of the molecule is CC(C)(C)[S+](=O)([O-])/C(C#N)=C/NC1=NCCCC1. The number of amidine groups is 1. The van der Waals surface area contributed by atoms with Gasteiger partial charge in [0.15, 0.2) is 6.07 Å². The molecule has 1 atom stereocenters. The third kappa shape index (κ3) is 3.40. The number of aliphatic imine (C=N–C) groups is 1. The van der Waals surface area contributed by atoms with Crippen molar-refractivity contribution in [1.82, 2.24) is 5.32 Å². The largest absolute Gasteiger partial charge is 0.609 e. The first-order chi connectivity index (χ1) is 8.29. The first-order valence-corrected chi connectivity index (χ1v) is 7.42. The molecule has 0 saturated carbocycles. The Hall–Kier alpha value is -1.19. The number of nitrogens with zero attached hydrogens (tertiary/aromatic N) is 2. The fourth-order valence-electron chi connectivity index (χ4n) is 1.46. The predicted octanol–water partition coefficient (Wildman–Crippen LogP) is 1.95. The minimum absolute atomic E-state index is 0.247. The molecule has 0 amide bonds. The van der Waals surface area contributed by atoms with Gasteiger partial charge in [0.25, 0.3) is 0 Å². The maximum Gasteiger partial charge on any atom is 0.248 e. The van der Waals surface area contributed by atoms with Crippen molar-refractivity contribution in [3.05, 3.63) is 11.1 Å². The fraction of sp³-hybridized carbons (Fsp3) is 0.667. The molecule has 0 aliphatic carbocycles. The van der Waals surface area contributed by atoms with Gasteiger partial charge in [-0.15, -0.1) is 4.21 Å². The van der Waals surface area contributed by atoms with Crippen LogP contribution >= 0.6 is 0 Å². The van der Waals surface area contributed by atoms with E-state index in [9.17, 15) is 8.76 Å². The van der Waals surface area contributed by atoms with Crippen LogP contribution in [0, 0.1) is 11.3 Å². The van der Waals surface area contributed by atoms with Crippen molar-refractivity contribution in [2.24, 2.45) is 4.99 Å². The van der Waals surface area contributed by atoms with Crippen LogP contribution in [0.25, 0.3) is 0 Å². The van der Waals surface area contributed by atoms with Crippen LogP contribution in [0.3, 0.4) is 0 Å². The first-order valence-electron chi connectivity index (χ1n) is 5.94. The molecule has 1 aliphatic rings. The second kappa shape index (κ2) is 5.63. The molecule has 0 radical (unpaired) electrons. The normalized spacial score (nSPS) is 20.6. The molecule has 18 heavy (non-hydrogen) atoms. The Balaban J connectivity index is 2.88. The van der Waals surface area contributed by atoms with Crippen molar-refractivity contribution in [1.29, 1.82) is 5.26 Å². The van der Waals surface area contributed by atoms with Gasteiger partial charge in [0.2, 0.25) is 4.91 Å². The van der Waals surface area contributed by atoms with Gasteiger partial charge in [0.1, 0.15) is 10.6 Å². The summed E-state index contributed by atoms with van der Waals surface area (Å²) in [5, 5.41) is 11.8. The number of nitriles is 1. The molecular weight excluding hydrogens is 250 g/mol. The van der Waals surface area contributed by atoms with Gasteiger partial charge in [-0.1, -0.05) is 0 Å². The summed E-state index contributed by atoms with van der Waals surface area (Å²) in [6.45, 7) is 5.48. The highest BCUT2D eigenvalue weighted by Gasteiger charge is 2.38. The van der Waals surface area contributed by atoms with Crippen LogP contribution in [0.2, 0.25) is 0 Å². The standard InChI is InChI=1S/C12H19N3O2S/c1-12(2,3)18(16,17)10(8-13)9-15-11-6-4-5-7-14-11/h9H,4-7H2,1-3H3,(H-,14,15,16,17)/b10-9+. The Labute approximate surface area is 109 Å². The molecule has 1 heterocycles. The molecule has 1 unspecified atom stereocenters. The van der Waals surface area contributed by atoms with E-state index in [4.69, 9.17) is 5.26 Å². The highest BCUT2D eigenvalue weighted by atomic mass is 32.3. The average Bonchev–Trinajstić information content (AvgIpc) is 2.29. The highest BCUT2D eigenvalue weighted by Crippen LogP contribution is 2.28. The van der Waals surface area contributed by atoms with Crippen LogP contribution < -0.4 is 5.32 Å². The molecular formula is C12H19N3O2S. The van der Waals surface area contributed by atoms with Crippen molar-refractivity contribution < 1.29 is 8.76 Å². The third-order valence-corrected chi connectivity index (χ3v) is 5.10. The Morgan fingerprint density at radius 1 is 1.56 bits per heavy atom. The summed E-state index contributed by atoms with van der Waals surface area (Å²) in [4.78, 5) is 3.99. The average molecular weight is 269 g/mol. The summed E-state index contributed by atoms with van der Waals surface area (Å²) in [7, 11) is -3.61.